The lowest BCUT2D eigenvalue weighted by atomic mass is 9.98. The first-order chi connectivity index (χ1) is 13.1. The van der Waals surface area contributed by atoms with Gasteiger partial charge in [0.05, 0.1) is 12.6 Å². The molecule has 0 radical (unpaired) electrons. The molecule has 0 aromatic heterocycles. The molecular formula is C20H28N4O3. The number of hydrogen-bond donors (Lipinski definition) is 2. The van der Waals surface area contributed by atoms with E-state index in [4.69, 9.17) is 0 Å². The number of imide groups is 1. The molecule has 3 aliphatic rings. The predicted molar refractivity (Wildman–Crippen MR) is 103 cm³/mol. The van der Waals surface area contributed by atoms with E-state index in [1.807, 2.05) is 18.2 Å². The number of rotatable bonds is 5. The molecule has 2 saturated heterocycles. The highest BCUT2D eigenvalue weighted by Gasteiger charge is 2.52. The van der Waals surface area contributed by atoms with Crippen molar-refractivity contribution in [3.63, 3.8) is 0 Å². The number of benzene rings is 1. The summed E-state index contributed by atoms with van der Waals surface area (Å²) in [5.41, 5.74) is 0.525. The van der Waals surface area contributed by atoms with Crippen LogP contribution in [0.4, 0.5) is 10.5 Å². The largest absolute Gasteiger partial charge is 0.390 e. The molecular weight excluding hydrogens is 344 g/mol. The first-order valence-corrected chi connectivity index (χ1v) is 9.92. The fraction of sp³-hybridized carbons (Fsp3) is 0.600. The van der Waals surface area contributed by atoms with Gasteiger partial charge in [0, 0.05) is 38.4 Å². The maximum Gasteiger partial charge on any atom is 0.325 e. The Kier molecular flexibility index (Phi) is 5.06. The predicted octanol–water partition coefficient (Wildman–Crippen LogP) is 1.03. The zero-order chi connectivity index (χ0) is 18.9. The smallest absolute Gasteiger partial charge is 0.325 e. The SMILES string of the molecule is O=C1NC2(CCCC2)C(=O)N1C[C@H](O)CN1CCN(c2ccccc2)CC1. The van der Waals surface area contributed by atoms with Crippen molar-refractivity contribution < 1.29 is 14.7 Å². The summed E-state index contributed by atoms with van der Waals surface area (Å²) in [6.45, 7) is 4.08. The molecule has 3 amide bonds. The van der Waals surface area contributed by atoms with Crippen molar-refractivity contribution in [2.45, 2.75) is 37.3 Å². The highest BCUT2D eigenvalue weighted by atomic mass is 16.3. The maximum atomic E-state index is 12.7. The molecule has 0 bridgehead atoms. The molecule has 2 heterocycles. The molecule has 146 valence electrons. The van der Waals surface area contributed by atoms with Crippen LogP contribution in [0.1, 0.15) is 25.7 Å². The van der Waals surface area contributed by atoms with E-state index in [9.17, 15) is 14.7 Å². The van der Waals surface area contributed by atoms with Crippen LogP contribution in [-0.2, 0) is 4.79 Å². The number of piperazine rings is 1. The number of amides is 3. The molecule has 0 unspecified atom stereocenters. The van der Waals surface area contributed by atoms with Gasteiger partial charge in [0.1, 0.15) is 5.54 Å². The van der Waals surface area contributed by atoms with Gasteiger partial charge in [-0.15, -0.1) is 0 Å². The van der Waals surface area contributed by atoms with Gasteiger partial charge in [0.2, 0.25) is 0 Å². The Morgan fingerprint density at radius 3 is 2.33 bits per heavy atom. The molecule has 1 spiro atoms. The van der Waals surface area contributed by atoms with Crippen LogP contribution in [-0.4, -0.2) is 77.8 Å². The number of aliphatic hydroxyl groups is 1. The number of urea groups is 1. The van der Waals surface area contributed by atoms with Gasteiger partial charge >= 0.3 is 6.03 Å². The molecule has 1 saturated carbocycles. The summed E-state index contributed by atoms with van der Waals surface area (Å²) in [7, 11) is 0. The molecule has 2 N–H and O–H groups in total. The molecule has 2 aliphatic heterocycles. The second-order valence-corrected chi connectivity index (χ2v) is 7.91. The molecule has 27 heavy (non-hydrogen) atoms. The van der Waals surface area contributed by atoms with Crippen LogP contribution in [0.3, 0.4) is 0 Å². The Morgan fingerprint density at radius 1 is 1.00 bits per heavy atom. The van der Waals surface area contributed by atoms with Gasteiger partial charge in [-0.2, -0.15) is 0 Å². The van der Waals surface area contributed by atoms with Crippen LogP contribution < -0.4 is 10.2 Å². The van der Waals surface area contributed by atoms with Crippen LogP contribution in [0.25, 0.3) is 0 Å². The van der Waals surface area contributed by atoms with Gasteiger partial charge in [-0.25, -0.2) is 4.79 Å². The number of hydrogen-bond acceptors (Lipinski definition) is 5. The van der Waals surface area contributed by atoms with Gasteiger partial charge in [0.15, 0.2) is 0 Å². The Morgan fingerprint density at radius 2 is 1.67 bits per heavy atom. The standard InChI is InChI=1S/C20H28N4O3/c25-17(15-24-18(26)20(21-19(24)27)8-4-5-9-20)14-22-10-12-23(13-11-22)16-6-2-1-3-7-16/h1-3,6-7,17,25H,4-5,8-15H2,(H,21,27)/t17-/m1/s1. The summed E-state index contributed by atoms with van der Waals surface area (Å²) >= 11 is 0. The fourth-order valence-corrected chi connectivity index (χ4v) is 4.55. The summed E-state index contributed by atoms with van der Waals surface area (Å²) in [5.74, 6) is -0.155. The number of aliphatic hydroxyl groups excluding tert-OH is 1. The number of nitrogens with zero attached hydrogens (tertiary/aromatic N) is 3. The minimum Gasteiger partial charge on any atom is -0.390 e. The lowest BCUT2D eigenvalue weighted by Gasteiger charge is -2.37. The van der Waals surface area contributed by atoms with Gasteiger partial charge in [-0.05, 0) is 25.0 Å². The number of carbonyl (C=O) groups excluding carboxylic acids is 2. The topological polar surface area (TPSA) is 76.1 Å². The number of carbonyl (C=O) groups is 2. The van der Waals surface area contributed by atoms with E-state index in [2.05, 4.69) is 27.2 Å². The minimum absolute atomic E-state index is 0.0747. The lowest BCUT2D eigenvalue weighted by molar-refractivity contribution is -0.132. The Labute approximate surface area is 159 Å². The van der Waals surface area contributed by atoms with Crippen molar-refractivity contribution in [2.24, 2.45) is 0 Å². The van der Waals surface area contributed by atoms with E-state index in [0.29, 0.717) is 19.4 Å². The lowest BCUT2D eigenvalue weighted by Crippen LogP contribution is -2.51. The number of anilines is 1. The number of para-hydroxylation sites is 1. The van der Waals surface area contributed by atoms with Gasteiger partial charge in [-0.3, -0.25) is 14.6 Å². The molecule has 7 nitrogen and oxygen atoms in total. The molecule has 1 aromatic rings. The Hall–Kier alpha value is -2.12. The van der Waals surface area contributed by atoms with E-state index >= 15 is 0 Å². The van der Waals surface area contributed by atoms with Crippen LogP contribution in [0.2, 0.25) is 0 Å². The molecule has 3 fully saturated rings. The monoisotopic (exact) mass is 372 g/mol. The average Bonchev–Trinajstić information content (AvgIpc) is 3.24. The van der Waals surface area contributed by atoms with Gasteiger partial charge in [0.25, 0.3) is 5.91 Å². The highest BCUT2D eigenvalue weighted by molar-refractivity contribution is 6.07. The average molecular weight is 372 g/mol. The Balaban J connectivity index is 1.27. The molecule has 4 rings (SSSR count). The van der Waals surface area contributed by atoms with E-state index < -0.39 is 11.6 Å². The molecule has 7 heteroatoms. The second kappa shape index (κ2) is 7.48. The summed E-state index contributed by atoms with van der Waals surface area (Å²) in [5, 5.41) is 13.4. The summed E-state index contributed by atoms with van der Waals surface area (Å²) in [6, 6.07) is 9.97. The molecule has 1 atom stereocenters. The van der Waals surface area contributed by atoms with E-state index in [-0.39, 0.29) is 18.5 Å². The van der Waals surface area contributed by atoms with Crippen molar-refractivity contribution >= 4 is 17.6 Å². The quantitative estimate of drug-likeness (QED) is 0.755. The number of nitrogens with one attached hydrogen (secondary N) is 1. The normalized spacial score (nSPS) is 23.9. The zero-order valence-electron chi connectivity index (χ0n) is 15.6. The summed E-state index contributed by atoms with van der Waals surface area (Å²) in [4.78, 5) is 30.7. The van der Waals surface area contributed by atoms with Crippen molar-refractivity contribution in [1.29, 1.82) is 0 Å². The molecule has 1 aromatic carbocycles. The maximum absolute atomic E-state index is 12.7. The van der Waals surface area contributed by atoms with Crippen LogP contribution in [0.15, 0.2) is 30.3 Å². The fourth-order valence-electron chi connectivity index (χ4n) is 4.55. The Bertz CT molecular complexity index is 682. The summed E-state index contributed by atoms with van der Waals surface area (Å²) < 4.78 is 0. The minimum atomic E-state index is -0.723. The van der Waals surface area contributed by atoms with Gasteiger partial charge < -0.3 is 15.3 Å². The zero-order valence-corrected chi connectivity index (χ0v) is 15.6. The first-order valence-electron chi connectivity index (χ1n) is 9.92. The highest BCUT2D eigenvalue weighted by Crippen LogP contribution is 2.35. The van der Waals surface area contributed by atoms with E-state index in [1.165, 1.54) is 10.6 Å². The van der Waals surface area contributed by atoms with Crippen LogP contribution >= 0.6 is 0 Å². The first kappa shape index (κ1) is 18.3. The van der Waals surface area contributed by atoms with Gasteiger partial charge in [-0.1, -0.05) is 31.0 Å². The van der Waals surface area contributed by atoms with Crippen molar-refractivity contribution in [3.8, 4) is 0 Å². The summed E-state index contributed by atoms with van der Waals surface area (Å²) in [6.07, 6.45) is 2.64. The second-order valence-electron chi connectivity index (χ2n) is 7.91. The van der Waals surface area contributed by atoms with E-state index in [0.717, 1.165) is 39.0 Å². The third-order valence-corrected chi connectivity index (χ3v) is 6.06. The van der Waals surface area contributed by atoms with Crippen LogP contribution in [0, 0.1) is 0 Å². The molecule has 1 aliphatic carbocycles. The number of β-amino-alcohol motifs (C(OH)–C–C–N with tert-alkyl or cyclic N) is 1. The third-order valence-electron chi connectivity index (χ3n) is 6.06. The van der Waals surface area contributed by atoms with E-state index in [1.54, 1.807) is 0 Å². The van der Waals surface area contributed by atoms with Crippen molar-refractivity contribution in [3.05, 3.63) is 30.3 Å². The van der Waals surface area contributed by atoms with Crippen molar-refractivity contribution in [2.75, 3.05) is 44.2 Å². The van der Waals surface area contributed by atoms with Crippen LogP contribution in [0.5, 0.6) is 0 Å². The third kappa shape index (κ3) is 3.66. The van der Waals surface area contributed by atoms with Crippen molar-refractivity contribution in [1.82, 2.24) is 15.1 Å².